The van der Waals surface area contributed by atoms with Gasteiger partial charge in [0.2, 0.25) is 5.91 Å². The van der Waals surface area contributed by atoms with E-state index in [9.17, 15) is 9.59 Å². The fourth-order valence-corrected chi connectivity index (χ4v) is 3.24. The lowest BCUT2D eigenvalue weighted by molar-refractivity contribution is -0.127. The van der Waals surface area contributed by atoms with Crippen molar-refractivity contribution in [3.8, 4) is 0 Å². The summed E-state index contributed by atoms with van der Waals surface area (Å²) in [4.78, 5) is 32.1. The summed E-state index contributed by atoms with van der Waals surface area (Å²) in [5.41, 5.74) is 4.04. The Hall–Kier alpha value is -3.00. The molecule has 0 spiro atoms. The van der Waals surface area contributed by atoms with Crippen LogP contribution in [0.15, 0.2) is 60.7 Å². The Balaban J connectivity index is 0.00000341. The predicted octanol–water partition coefficient (Wildman–Crippen LogP) is 2.42. The zero-order chi connectivity index (χ0) is 21.2. The standard InChI is InChI=1S/C23H26N4O3.ClH/c28-22(25-30)11-9-20-7-4-8-21(24-20)10-12-23(29)27-17-15-26(16-18-27)14-13-19-5-2-1-3-6-19;/h1-12,30H,13-18H2,(H,25,28);1H/b11-9+,12-10+;. The van der Waals surface area contributed by atoms with Crippen molar-refractivity contribution in [2.45, 2.75) is 6.42 Å². The lowest BCUT2D eigenvalue weighted by atomic mass is 10.1. The number of amides is 2. The molecular weight excluding hydrogens is 416 g/mol. The number of benzene rings is 1. The van der Waals surface area contributed by atoms with Crippen LogP contribution in [0.3, 0.4) is 0 Å². The summed E-state index contributed by atoms with van der Waals surface area (Å²) < 4.78 is 0. The number of pyridine rings is 1. The minimum absolute atomic E-state index is 0. The molecule has 31 heavy (non-hydrogen) atoms. The number of hydrogen-bond acceptors (Lipinski definition) is 5. The van der Waals surface area contributed by atoms with Gasteiger partial charge in [-0.25, -0.2) is 10.5 Å². The highest BCUT2D eigenvalue weighted by molar-refractivity contribution is 5.92. The molecule has 1 aromatic carbocycles. The maximum atomic E-state index is 12.5. The van der Waals surface area contributed by atoms with Crippen molar-refractivity contribution < 1.29 is 14.8 Å². The number of aromatic nitrogens is 1. The first-order valence-corrected chi connectivity index (χ1v) is 9.96. The second-order valence-electron chi connectivity index (χ2n) is 7.03. The molecule has 1 fully saturated rings. The molecular formula is C23H27ClN4O3. The van der Waals surface area contributed by atoms with Crippen molar-refractivity contribution in [1.82, 2.24) is 20.3 Å². The van der Waals surface area contributed by atoms with Gasteiger partial charge in [-0.05, 0) is 36.3 Å². The van der Waals surface area contributed by atoms with Crippen LogP contribution in [0.5, 0.6) is 0 Å². The second-order valence-corrected chi connectivity index (χ2v) is 7.03. The number of halogens is 1. The van der Waals surface area contributed by atoms with Crippen molar-refractivity contribution in [3.05, 3.63) is 77.6 Å². The van der Waals surface area contributed by atoms with Gasteiger partial charge < -0.3 is 4.90 Å². The maximum absolute atomic E-state index is 12.5. The molecule has 8 heteroatoms. The third-order valence-corrected chi connectivity index (χ3v) is 4.95. The van der Waals surface area contributed by atoms with Gasteiger partial charge in [0.1, 0.15) is 0 Å². The van der Waals surface area contributed by atoms with Crippen molar-refractivity contribution in [3.63, 3.8) is 0 Å². The van der Waals surface area contributed by atoms with Crippen LogP contribution in [-0.2, 0) is 16.0 Å². The normalized spacial score (nSPS) is 14.5. The van der Waals surface area contributed by atoms with Gasteiger partial charge in [-0.15, -0.1) is 12.4 Å². The summed E-state index contributed by atoms with van der Waals surface area (Å²) in [6.07, 6.45) is 6.90. The zero-order valence-corrected chi connectivity index (χ0v) is 18.0. The van der Waals surface area contributed by atoms with Crippen LogP contribution < -0.4 is 5.48 Å². The number of nitrogens with zero attached hydrogens (tertiary/aromatic N) is 3. The molecule has 0 aliphatic carbocycles. The fourth-order valence-electron chi connectivity index (χ4n) is 3.24. The molecule has 0 bridgehead atoms. The van der Waals surface area contributed by atoms with Crippen molar-refractivity contribution in [1.29, 1.82) is 0 Å². The lowest BCUT2D eigenvalue weighted by Crippen LogP contribution is -2.48. The molecule has 1 saturated heterocycles. The SMILES string of the molecule is Cl.O=C(/C=C/c1cccc(/C=C/C(=O)N2CCN(CCc3ccccc3)CC2)n1)NO. The van der Waals surface area contributed by atoms with Gasteiger partial charge in [0.05, 0.1) is 11.4 Å². The van der Waals surface area contributed by atoms with Gasteiger partial charge in [-0.2, -0.15) is 0 Å². The van der Waals surface area contributed by atoms with Crippen LogP contribution in [-0.4, -0.2) is 64.5 Å². The monoisotopic (exact) mass is 442 g/mol. The predicted molar refractivity (Wildman–Crippen MR) is 123 cm³/mol. The molecule has 0 atom stereocenters. The third-order valence-electron chi connectivity index (χ3n) is 4.95. The first-order chi connectivity index (χ1) is 14.6. The minimum atomic E-state index is -0.629. The van der Waals surface area contributed by atoms with E-state index in [4.69, 9.17) is 5.21 Å². The molecule has 1 aliphatic rings. The van der Waals surface area contributed by atoms with E-state index in [2.05, 4.69) is 34.1 Å². The number of hydroxylamine groups is 1. The Kier molecular flexibility index (Phi) is 9.90. The highest BCUT2D eigenvalue weighted by atomic mass is 35.5. The molecule has 7 nitrogen and oxygen atoms in total. The van der Waals surface area contributed by atoms with E-state index in [0.29, 0.717) is 24.5 Å². The summed E-state index contributed by atoms with van der Waals surface area (Å²) in [6.45, 7) is 4.17. The number of carbonyl (C=O) groups excluding carboxylic acids is 2. The summed E-state index contributed by atoms with van der Waals surface area (Å²) in [5, 5.41) is 8.51. The number of piperazine rings is 1. The summed E-state index contributed by atoms with van der Waals surface area (Å²) in [5.74, 6) is -0.657. The minimum Gasteiger partial charge on any atom is -0.337 e. The Morgan fingerprint density at radius 2 is 1.58 bits per heavy atom. The molecule has 1 aromatic heterocycles. The first-order valence-electron chi connectivity index (χ1n) is 9.96. The second kappa shape index (κ2) is 12.6. The average molecular weight is 443 g/mol. The van der Waals surface area contributed by atoms with Crippen molar-refractivity contribution in [2.75, 3.05) is 32.7 Å². The number of hydrogen-bond donors (Lipinski definition) is 2. The highest BCUT2D eigenvalue weighted by Crippen LogP contribution is 2.08. The maximum Gasteiger partial charge on any atom is 0.267 e. The Morgan fingerprint density at radius 1 is 0.935 bits per heavy atom. The van der Waals surface area contributed by atoms with E-state index in [1.807, 2.05) is 11.0 Å². The molecule has 0 radical (unpaired) electrons. The molecule has 1 aliphatic heterocycles. The van der Waals surface area contributed by atoms with E-state index < -0.39 is 5.91 Å². The van der Waals surface area contributed by atoms with E-state index >= 15 is 0 Å². The first kappa shape index (κ1) is 24.3. The highest BCUT2D eigenvalue weighted by Gasteiger charge is 2.19. The molecule has 2 N–H and O–H groups in total. The van der Waals surface area contributed by atoms with Crippen LogP contribution in [0, 0.1) is 0 Å². The fraction of sp³-hybridized carbons (Fsp3) is 0.261. The number of rotatable bonds is 7. The van der Waals surface area contributed by atoms with Crippen LogP contribution in [0.25, 0.3) is 12.2 Å². The van der Waals surface area contributed by atoms with E-state index in [1.165, 1.54) is 29.3 Å². The summed E-state index contributed by atoms with van der Waals surface area (Å²) in [7, 11) is 0. The molecule has 2 amide bonds. The number of carbonyl (C=O) groups is 2. The van der Waals surface area contributed by atoms with Gasteiger partial charge in [-0.1, -0.05) is 36.4 Å². The topological polar surface area (TPSA) is 85.8 Å². The number of nitrogens with one attached hydrogen (secondary N) is 1. The molecule has 2 heterocycles. The molecule has 164 valence electrons. The summed E-state index contributed by atoms with van der Waals surface area (Å²) >= 11 is 0. The molecule has 0 unspecified atom stereocenters. The van der Waals surface area contributed by atoms with Crippen LogP contribution >= 0.6 is 12.4 Å². The summed E-state index contributed by atoms with van der Waals surface area (Å²) in [6, 6.07) is 15.7. The Labute approximate surface area is 188 Å². The van der Waals surface area contributed by atoms with Gasteiger partial charge in [-0.3, -0.25) is 19.7 Å². The molecule has 0 saturated carbocycles. The Bertz CT molecular complexity index is 910. The van der Waals surface area contributed by atoms with Crippen molar-refractivity contribution >= 4 is 36.4 Å². The molecule has 2 aromatic rings. The smallest absolute Gasteiger partial charge is 0.267 e. The average Bonchev–Trinajstić information content (AvgIpc) is 2.81. The van der Waals surface area contributed by atoms with Gasteiger partial charge >= 0.3 is 0 Å². The quantitative estimate of drug-likeness (QED) is 0.391. The van der Waals surface area contributed by atoms with E-state index in [-0.39, 0.29) is 18.3 Å². The van der Waals surface area contributed by atoms with E-state index in [0.717, 1.165) is 26.1 Å². The van der Waals surface area contributed by atoms with Crippen LogP contribution in [0.1, 0.15) is 17.0 Å². The van der Waals surface area contributed by atoms with Gasteiger partial charge in [0.25, 0.3) is 5.91 Å². The van der Waals surface area contributed by atoms with Crippen LogP contribution in [0.2, 0.25) is 0 Å². The van der Waals surface area contributed by atoms with Gasteiger partial charge in [0.15, 0.2) is 0 Å². The Morgan fingerprint density at radius 3 is 2.23 bits per heavy atom. The van der Waals surface area contributed by atoms with Crippen molar-refractivity contribution in [2.24, 2.45) is 0 Å². The van der Waals surface area contributed by atoms with Gasteiger partial charge in [0, 0.05) is 44.9 Å². The van der Waals surface area contributed by atoms with Crippen LogP contribution in [0.4, 0.5) is 0 Å². The van der Waals surface area contributed by atoms with E-state index in [1.54, 1.807) is 24.3 Å². The lowest BCUT2D eigenvalue weighted by Gasteiger charge is -2.34. The largest absolute Gasteiger partial charge is 0.337 e. The zero-order valence-electron chi connectivity index (χ0n) is 17.2. The third kappa shape index (κ3) is 7.97. The molecule has 3 rings (SSSR count).